The average Bonchev–Trinajstić information content (AvgIpc) is 2.66. The van der Waals surface area contributed by atoms with Gasteiger partial charge in [-0.05, 0) is 55.7 Å². The second-order valence-corrected chi connectivity index (χ2v) is 7.11. The molecule has 5 heteroatoms. The molecule has 1 fully saturated rings. The summed E-state index contributed by atoms with van der Waals surface area (Å²) in [5.41, 5.74) is 1.59. The van der Waals surface area contributed by atoms with Crippen LogP contribution in [0.4, 0.5) is 0 Å². The van der Waals surface area contributed by atoms with E-state index < -0.39 is 0 Å². The van der Waals surface area contributed by atoms with Crippen LogP contribution in [0.3, 0.4) is 0 Å². The Morgan fingerprint density at radius 2 is 2.04 bits per heavy atom. The average molecular weight is 372 g/mol. The summed E-state index contributed by atoms with van der Waals surface area (Å²) in [6, 6.07) is 8.07. The van der Waals surface area contributed by atoms with Crippen LogP contribution in [-0.2, 0) is 11.2 Å². The fourth-order valence-corrected chi connectivity index (χ4v) is 3.27. The molecule has 0 heterocycles. The van der Waals surface area contributed by atoms with Gasteiger partial charge in [0.25, 0.3) is 0 Å². The summed E-state index contributed by atoms with van der Waals surface area (Å²) in [6.07, 6.45) is 11.1. The van der Waals surface area contributed by atoms with E-state index in [0.717, 1.165) is 50.8 Å². The zero-order valence-electron chi connectivity index (χ0n) is 16.7. The fraction of sp³-hybridized carbons (Fsp3) is 0.591. The lowest BCUT2D eigenvalue weighted by Gasteiger charge is -2.40. The number of terminal acetylenes is 1. The highest BCUT2D eigenvalue weighted by Crippen LogP contribution is 2.44. The Balaban J connectivity index is 1.80. The summed E-state index contributed by atoms with van der Waals surface area (Å²) in [4.78, 5) is 4.84. The molecule has 2 rings (SSSR count). The monoisotopic (exact) mass is 371 g/mol. The fourth-order valence-electron chi connectivity index (χ4n) is 3.27. The van der Waals surface area contributed by atoms with Gasteiger partial charge in [0.15, 0.2) is 5.96 Å². The van der Waals surface area contributed by atoms with Crippen molar-refractivity contribution in [2.75, 3.05) is 40.0 Å². The minimum atomic E-state index is 0.301. The van der Waals surface area contributed by atoms with Crippen LogP contribution < -0.4 is 15.4 Å². The van der Waals surface area contributed by atoms with Gasteiger partial charge < -0.3 is 20.1 Å². The van der Waals surface area contributed by atoms with Crippen molar-refractivity contribution in [1.82, 2.24) is 10.6 Å². The van der Waals surface area contributed by atoms with Crippen molar-refractivity contribution in [2.45, 2.75) is 39.0 Å². The zero-order chi connectivity index (χ0) is 19.4. The number of rotatable bonds is 11. The van der Waals surface area contributed by atoms with Crippen molar-refractivity contribution < 1.29 is 9.47 Å². The molecule has 2 N–H and O–H groups in total. The number of ether oxygens (including phenoxy) is 2. The molecule has 5 nitrogen and oxygen atoms in total. The molecule has 0 radical (unpaired) electrons. The highest BCUT2D eigenvalue weighted by atomic mass is 16.5. The van der Waals surface area contributed by atoms with E-state index in [1.165, 1.54) is 24.8 Å². The minimum absolute atomic E-state index is 0.301. The zero-order valence-corrected chi connectivity index (χ0v) is 16.7. The molecule has 1 aliphatic rings. The van der Waals surface area contributed by atoms with Crippen LogP contribution in [0.2, 0.25) is 0 Å². The van der Waals surface area contributed by atoms with Crippen LogP contribution in [0.25, 0.3) is 0 Å². The Hall–Kier alpha value is -2.19. The van der Waals surface area contributed by atoms with Crippen LogP contribution in [0.15, 0.2) is 29.3 Å². The Morgan fingerprint density at radius 3 is 2.63 bits per heavy atom. The van der Waals surface area contributed by atoms with E-state index in [9.17, 15) is 0 Å². The van der Waals surface area contributed by atoms with Gasteiger partial charge in [-0.2, -0.15) is 0 Å². The molecule has 27 heavy (non-hydrogen) atoms. The Bertz CT molecular complexity index is 615. The molecule has 1 aromatic carbocycles. The topological polar surface area (TPSA) is 54.9 Å². The van der Waals surface area contributed by atoms with Crippen molar-refractivity contribution in [3.8, 4) is 18.1 Å². The first-order chi connectivity index (χ1) is 13.2. The van der Waals surface area contributed by atoms with Crippen molar-refractivity contribution in [3.05, 3.63) is 29.8 Å². The number of aliphatic imine (C=N–C) groups is 1. The maximum atomic E-state index is 5.40. The van der Waals surface area contributed by atoms with Gasteiger partial charge in [0.2, 0.25) is 0 Å². The third-order valence-electron chi connectivity index (χ3n) is 5.12. The molecule has 0 saturated heterocycles. The summed E-state index contributed by atoms with van der Waals surface area (Å²) in [7, 11) is 1.77. The molecular weight excluding hydrogens is 338 g/mol. The summed E-state index contributed by atoms with van der Waals surface area (Å²) >= 11 is 0. The van der Waals surface area contributed by atoms with E-state index in [4.69, 9.17) is 20.9 Å². The lowest BCUT2D eigenvalue weighted by molar-refractivity contribution is 0.0778. The molecule has 148 valence electrons. The molecule has 0 bridgehead atoms. The third-order valence-corrected chi connectivity index (χ3v) is 5.12. The number of hydrogen-bond acceptors (Lipinski definition) is 3. The lowest BCUT2D eigenvalue weighted by Crippen LogP contribution is -2.41. The van der Waals surface area contributed by atoms with E-state index in [2.05, 4.69) is 35.6 Å². The highest BCUT2D eigenvalue weighted by molar-refractivity contribution is 5.79. The summed E-state index contributed by atoms with van der Waals surface area (Å²) < 4.78 is 10.7. The first kappa shape index (κ1) is 21.1. The van der Waals surface area contributed by atoms with Gasteiger partial charge in [0.05, 0.1) is 0 Å². The lowest BCUT2D eigenvalue weighted by atomic mass is 9.67. The maximum Gasteiger partial charge on any atom is 0.191 e. The largest absolute Gasteiger partial charge is 0.481 e. The van der Waals surface area contributed by atoms with Crippen LogP contribution in [-0.4, -0.2) is 45.9 Å². The van der Waals surface area contributed by atoms with E-state index >= 15 is 0 Å². The second kappa shape index (κ2) is 11.5. The maximum absolute atomic E-state index is 5.40. The molecule has 0 amide bonds. The molecule has 0 aliphatic heterocycles. The SMILES string of the molecule is C#CCOc1ccc(CCNC(=NCC2(CCOC)CCC2)NCC)cc1. The Kier molecular flexibility index (Phi) is 9.00. The van der Waals surface area contributed by atoms with Crippen molar-refractivity contribution in [2.24, 2.45) is 10.4 Å². The second-order valence-electron chi connectivity index (χ2n) is 7.11. The smallest absolute Gasteiger partial charge is 0.191 e. The van der Waals surface area contributed by atoms with Crippen LogP contribution in [0.5, 0.6) is 5.75 Å². The predicted molar refractivity (Wildman–Crippen MR) is 111 cm³/mol. The van der Waals surface area contributed by atoms with Gasteiger partial charge in [-0.1, -0.05) is 24.5 Å². The summed E-state index contributed by atoms with van der Waals surface area (Å²) in [5, 5.41) is 6.79. The van der Waals surface area contributed by atoms with Gasteiger partial charge in [0, 0.05) is 33.4 Å². The van der Waals surface area contributed by atoms with E-state index in [1.54, 1.807) is 7.11 Å². The predicted octanol–water partition coefficient (Wildman–Crippen LogP) is 3.00. The molecule has 1 aliphatic carbocycles. The molecular formula is C22H33N3O2. The third kappa shape index (κ3) is 7.15. The van der Waals surface area contributed by atoms with Gasteiger partial charge in [-0.25, -0.2) is 0 Å². The first-order valence-corrected chi connectivity index (χ1v) is 9.88. The number of methoxy groups -OCH3 is 1. The molecule has 0 aromatic heterocycles. The van der Waals surface area contributed by atoms with Gasteiger partial charge >= 0.3 is 0 Å². The van der Waals surface area contributed by atoms with Gasteiger partial charge in [0.1, 0.15) is 12.4 Å². The Labute approximate surface area is 163 Å². The molecule has 1 saturated carbocycles. The number of nitrogens with zero attached hydrogens (tertiary/aromatic N) is 1. The minimum Gasteiger partial charge on any atom is -0.481 e. The Morgan fingerprint density at radius 1 is 1.26 bits per heavy atom. The number of benzene rings is 1. The summed E-state index contributed by atoms with van der Waals surface area (Å²) in [5.74, 6) is 4.18. The van der Waals surface area contributed by atoms with Crippen molar-refractivity contribution in [1.29, 1.82) is 0 Å². The molecule has 1 aromatic rings. The van der Waals surface area contributed by atoms with Crippen LogP contribution in [0, 0.1) is 17.8 Å². The van der Waals surface area contributed by atoms with E-state index in [0.29, 0.717) is 12.0 Å². The standard InChI is InChI=1S/C22H33N3O2/c1-4-16-27-20-9-7-19(8-10-20)11-15-24-21(23-5-2)25-18-22(12-6-13-22)14-17-26-3/h1,7-10H,5-6,11-18H2,2-3H3,(H2,23,24,25). The van der Waals surface area contributed by atoms with E-state index in [1.807, 2.05) is 12.1 Å². The van der Waals surface area contributed by atoms with Crippen LogP contribution >= 0.6 is 0 Å². The van der Waals surface area contributed by atoms with Gasteiger partial charge in [-0.3, -0.25) is 4.99 Å². The first-order valence-electron chi connectivity index (χ1n) is 9.88. The molecule has 0 unspecified atom stereocenters. The molecule has 0 spiro atoms. The molecule has 0 atom stereocenters. The normalized spacial score (nSPS) is 15.5. The van der Waals surface area contributed by atoms with E-state index in [-0.39, 0.29) is 0 Å². The van der Waals surface area contributed by atoms with Crippen LogP contribution in [0.1, 0.15) is 38.2 Å². The van der Waals surface area contributed by atoms with Gasteiger partial charge in [-0.15, -0.1) is 6.42 Å². The quantitative estimate of drug-likeness (QED) is 0.357. The number of guanidine groups is 1. The highest BCUT2D eigenvalue weighted by Gasteiger charge is 2.36. The van der Waals surface area contributed by atoms with Crippen molar-refractivity contribution >= 4 is 5.96 Å². The van der Waals surface area contributed by atoms with Crippen molar-refractivity contribution in [3.63, 3.8) is 0 Å². The number of nitrogens with one attached hydrogen (secondary N) is 2. The number of hydrogen-bond donors (Lipinski definition) is 2. The summed E-state index contributed by atoms with van der Waals surface area (Å²) in [6.45, 7) is 5.78.